The summed E-state index contributed by atoms with van der Waals surface area (Å²) < 4.78 is 10.4. The Labute approximate surface area is 136 Å². The Kier molecular flexibility index (Phi) is 5.97. The van der Waals surface area contributed by atoms with Crippen molar-refractivity contribution in [2.45, 2.75) is 19.4 Å². The number of amides is 1. The van der Waals surface area contributed by atoms with Crippen molar-refractivity contribution in [3.63, 3.8) is 0 Å². The van der Waals surface area contributed by atoms with Crippen LogP contribution in [-0.4, -0.2) is 37.1 Å². The van der Waals surface area contributed by atoms with Crippen LogP contribution < -0.4 is 9.47 Å². The van der Waals surface area contributed by atoms with Gasteiger partial charge in [0.1, 0.15) is 5.75 Å². The molecule has 5 heteroatoms. The van der Waals surface area contributed by atoms with E-state index < -0.39 is 0 Å². The zero-order valence-electron chi connectivity index (χ0n) is 13.8. The van der Waals surface area contributed by atoms with Crippen molar-refractivity contribution >= 4 is 5.91 Å². The van der Waals surface area contributed by atoms with E-state index in [0.717, 1.165) is 16.9 Å². The Hall–Kier alpha value is -2.56. The summed E-state index contributed by atoms with van der Waals surface area (Å²) in [5.41, 5.74) is 1.98. The SMILES string of the molecule is COc1cccc(CCC(=O)N(C)Cc2cccnc2OC)c1. The largest absolute Gasteiger partial charge is 0.497 e. The first kappa shape index (κ1) is 16.8. The summed E-state index contributed by atoms with van der Waals surface area (Å²) in [7, 11) is 5.01. The predicted octanol–water partition coefficient (Wildman–Crippen LogP) is 2.69. The van der Waals surface area contributed by atoms with Gasteiger partial charge in [-0.2, -0.15) is 0 Å². The highest BCUT2D eigenvalue weighted by atomic mass is 16.5. The summed E-state index contributed by atoms with van der Waals surface area (Å²) in [6.07, 6.45) is 2.81. The van der Waals surface area contributed by atoms with E-state index in [2.05, 4.69) is 4.98 Å². The van der Waals surface area contributed by atoms with Crippen LogP contribution in [0.1, 0.15) is 17.5 Å². The summed E-state index contributed by atoms with van der Waals surface area (Å²) in [6.45, 7) is 0.480. The third-order valence-corrected chi connectivity index (χ3v) is 3.64. The van der Waals surface area contributed by atoms with Crippen molar-refractivity contribution in [2.24, 2.45) is 0 Å². The molecule has 2 rings (SSSR count). The van der Waals surface area contributed by atoms with Crippen LogP contribution in [0, 0.1) is 0 Å². The Bertz CT molecular complexity index is 658. The normalized spacial score (nSPS) is 10.2. The van der Waals surface area contributed by atoms with Crippen molar-refractivity contribution in [3.05, 3.63) is 53.7 Å². The predicted molar refractivity (Wildman–Crippen MR) is 88.6 cm³/mol. The molecule has 0 spiro atoms. The van der Waals surface area contributed by atoms with Crippen molar-refractivity contribution in [3.8, 4) is 11.6 Å². The van der Waals surface area contributed by atoms with E-state index in [9.17, 15) is 4.79 Å². The molecule has 0 saturated carbocycles. The highest BCUT2D eigenvalue weighted by Crippen LogP contribution is 2.17. The molecule has 0 N–H and O–H groups in total. The zero-order chi connectivity index (χ0) is 16.7. The van der Waals surface area contributed by atoms with Gasteiger partial charge in [-0.15, -0.1) is 0 Å². The number of ether oxygens (including phenoxy) is 2. The highest BCUT2D eigenvalue weighted by molar-refractivity contribution is 5.76. The average molecular weight is 314 g/mol. The maximum Gasteiger partial charge on any atom is 0.222 e. The molecule has 0 aliphatic rings. The number of pyridine rings is 1. The topological polar surface area (TPSA) is 51.7 Å². The number of aryl methyl sites for hydroxylation is 1. The number of aromatic nitrogens is 1. The second-order valence-electron chi connectivity index (χ2n) is 5.27. The van der Waals surface area contributed by atoms with E-state index in [0.29, 0.717) is 25.3 Å². The van der Waals surface area contributed by atoms with Gasteiger partial charge in [0.05, 0.1) is 20.8 Å². The number of hydrogen-bond acceptors (Lipinski definition) is 4. The van der Waals surface area contributed by atoms with Gasteiger partial charge in [0.25, 0.3) is 0 Å². The maximum atomic E-state index is 12.3. The second-order valence-corrected chi connectivity index (χ2v) is 5.27. The highest BCUT2D eigenvalue weighted by Gasteiger charge is 2.12. The van der Waals surface area contributed by atoms with Gasteiger partial charge in [0, 0.05) is 25.2 Å². The summed E-state index contributed by atoms with van der Waals surface area (Å²) in [4.78, 5) is 18.2. The lowest BCUT2D eigenvalue weighted by molar-refractivity contribution is -0.130. The molecule has 1 aromatic carbocycles. The number of carbonyl (C=O) groups is 1. The molecule has 0 saturated heterocycles. The van der Waals surface area contributed by atoms with E-state index >= 15 is 0 Å². The fraction of sp³-hybridized carbons (Fsp3) is 0.333. The number of hydrogen-bond donors (Lipinski definition) is 0. The molecule has 23 heavy (non-hydrogen) atoms. The lowest BCUT2D eigenvalue weighted by Gasteiger charge is -2.18. The molecule has 5 nitrogen and oxygen atoms in total. The molecule has 0 radical (unpaired) electrons. The lowest BCUT2D eigenvalue weighted by Crippen LogP contribution is -2.26. The van der Waals surface area contributed by atoms with Crippen LogP contribution in [0.3, 0.4) is 0 Å². The molecule has 0 aliphatic heterocycles. The molecule has 122 valence electrons. The summed E-state index contributed by atoms with van der Waals surface area (Å²) in [5.74, 6) is 1.45. The Morgan fingerprint density at radius 3 is 2.74 bits per heavy atom. The Morgan fingerprint density at radius 2 is 2.00 bits per heavy atom. The average Bonchev–Trinajstić information content (AvgIpc) is 2.60. The van der Waals surface area contributed by atoms with Crippen LogP contribution >= 0.6 is 0 Å². The third kappa shape index (κ3) is 4.71. The van der Waals surface area contributed by atoms with Gasteiger partial charge in [-0.25, -0.2) is 4.98 Å². The lowest BCUT2D eigenvalue weighted by atomic mass is 10.1. The third-order valence-electron chi connectivity index (χ3n) is 3.64. The van der Waals surface area contributed by atoms with Crippen LogP contribution in [0.4, 0.5) is 0 Å². The molecule has 1 aromatic heterocycles. The fourth-order valence-electron chi connectivity index (χ4n) is 2.34. The van der Waals surface area contributed by atoms with Crippen LogP contribution in [0.25, 0.3) is 0 Å². The van der Waals surface area contributed by atoms with Gasteiger partial charge < -0.3 is 14.4 Å². The van der Waals surface area contributed by atoms with Crippen molar-refractivity contribution in [2.75, 3.05) is 21.3 Å². The zero-order valence-corrected chi connectivity index (χ0v) is 13.8. The molecule has 1 amide bonds. The van der Waals surface area contributed by atoms with Gasteiger partial charge in [0.2, 0.25) is 11.8 Å². The molecule has 0 atom stereocenters. The first-order valence-corrected chi connectivity index (χ1v) is 7.49. The monoisotopic (exact) mass is 314 g/mol. The minimum Gasteiger partial charge on any atom is -0.497 e. The molecule has 0 unspecified atom stereocenters. The molecule has 0 aliphatic carbocycles. The molecule has 1 heterocycles. The van der Waals surface area contributed by atoms with Crippen molar-refractivity contribution in [1.82, 2.24) is 9.88 Å². The molecular formula is C18H22N2O3. The van der Waals surface area contributed by atoms with E-state index in [1.54, 1.807) is 32.4 Å². The van der Waals surface area contributed by atoms with E-state index in [-0.39, 0.29) is 5.91 Å². The van der Waals surface area contributed by atoms with Crippen LogP contribution in [0.5, 0.6) is 11.6 Å². The minimum atomic E-state index is 0.0822. The van der Waals surface area contributed by atoms with Crippen LogP contribution in [-0.2, 0) is 17.8 Å². The first-order chi connectivity index (χ1) is 11.1. The summed E-state index contributed by atoms with van der Waals surface area (Å²) >= 11 is 0. The molecular weight excluding hydrogens is 292 g/mol. The van der Waals surface area contributed by atoms with E-state index in [4.69, 9.17) is 9.47 Å². The Morgan fingerprint density at radius 1 is 1.17 bits per heavy atom. The van der Waals surface area contributed by atoms with Crippen LogP contribution in [0.15, 0.2) is 42.6 Å². The second kappa shape index (κ2) is 8.17. The van der Waals surface area contributed by atoms with Crippen molar-refractivity contribution in [1.29, 1.82) is 0 Å². The maximum absolute atomic E-state index is 12.3. The summed E-state index contributed by atoms with van der Waals surface area (Å²) in [6, 6.07) is 11.5. The molecule has 2 aromatic rings. The number of carbonyl (C=O) groups excluding carboxylic acids is 1. The quantitative estimate of drug-likeness (QED) is 0.788. The standard InChI is InChI=1S/C18H22N2O3/c1-20(13-15-7-5-11-19-18(15)23-3)17(21)10-9-14-6-4-8-16(12-14)22-2/h4-8,11-12H,9-10,13H2,1-3H3. The fourth-order valence-corrected chi connectivity index (χ4v) is 2.34. The molecule has 0 bridgehead atoms. The van der Waals surface area contributed by atoms with Gasteiger partial charge in [-0.1, -0.05) is 18.2 Å². The van der Waals surface area contributed by atoms with Gasteiger partial charge >= 0.3 is 0 Å². The van der Waals surface area contributed by atoms with Gasteiger partial charge in [-0.3, -0.25) is 4.79 Å². The molecule has 0 fully saturated rings. The van der Waals surface area contributed by atoms with E-state index in [1.807, 2.05) is 36.4 Å². The number of methoxy groups -OCH3 is 2. The van der Waals surface area contributed by atoms with E-state index in [1.165, 1.54) is 0 Å². The number of benzene rings is 1. The number of nitrogens with zero attached hydrogens (tertiary/aromatic N) is 2. The van der Waals surface area contributed by atoms with Gasteiger partial charge in [-0.05, 0) is 30.2 Å². The smallest absolute Gasteiger partial charge is 0.222 e. The summed E-state index contributed by atoms with van der Waals surface area (Å²) in [5, 5.41) is 0. The minimum absolute atomic E-state index is 0.0822. The first-order valence-electron chi connectivity index (χ1n) is 7.49. The van der Waals surface area contributed by atoms with Gasteiger partial charge in [0.15, 0.2) is 0 Å². The Balaban J connectivity index is 1.92. The number of rotatable bonds is 7. The van der Waals surface area contributed by atoms with Crippen molar-refractivity contribution < 1.29 is 14.3 Å². The van der Waals surface area contributed by atoms with Crippen LogP contribution in [0.2, 0.25) is 0 Å².